The van der Waals surface area contributed by atoms with Crippen LogP contribution in [0, 0.1) is 11.8 Å². The highest BCUT2D eigenvalue weighted by atomic mass is 16.1. The van der Waals surface area contributed by atoms with Gasteiger partial charge >= 0.3 is 0 Å². The topological polar surface area (TPSA) is 61.0 Å². The maximum Gasteiger partial charge on any atom is 0.272 e. The number of carbonyl (C=O) groups is 1. The van der Waals surface area contributed by atoms with Gasteiger partial charge in [0.2, 0.25) is 0 Å². The van der Waals surface area contributed by atoms with Gasteiger partial charge in [-0.15, -0.1) is 0 Å². The fourth-order valence-electron chi connectivity index (χ4n) is 3.88. The molecule has 0 radical (unpaired) electrons. The average molecular weight is 318 g/mol. The lowest BCUT2D eigenvalue weighted by atomic mass is 9.95. The molecule has 0 atom stereocenters. The summed E-state index contributed by atoms with van der Waals surface area (Å²) in [4.78, 5) is 15.0. The fourth-order valence-corrected chi connectivity index (χ4v) is 3.88. The molecule has 5 heteroatoms. The van der Waals surface area contributed by atoms with Crippen molar-refractivity contribution >= 4 is 5.91 Å². The van der Waals surface area contributed by atoms with Crippen molar-refractivity contribution in [2.75, 3.05) is 26.2 Å². The van der Waals surface area contributed by atoms with Crippen molar-refractivity contribution in [3.63, 3.8) is 0 Å². The summed E-state index contributed by atoms with van der Waals surface area (Å²) in [6, 6.07) is 0. The number of carbonyl (C=O) groups excluding carboxylic acids is 1. The molecule has 0 bridgehead atoms. The summed E-state index contributed by atoms with van der Waals surface area (Å²) >= 11 is 0. The van der Waals surface area contributed by atoms with E-state index in [2.05, 4.69) is 34.3 Å². The smallest absolute Gasteiger partial charge is 0.272 e. The molecular weight excluding hydrogens is 288 g/mol. The quantitative estimate of drug-likeness (QED) is 0.876. The SMILES string of the molecule is CC(C)CN1CCC(CNC(=O)c2n[nH]c3c2CCCC3)CC1. The third-order valence-corrected chi connectivity index (χ3v) is 5.15. The third-order valence-electron chi connectivity index (χ3n) is 5.15. The minimum Gasteiger partial charge on any atom is -0.350 e. The molecule has 1 amide bonds. The fraction of sp³-hybridized carbons (Fsp3) is 0.778. The largest absolute Gasteiger partial charge is 0.350 e. The zero-order valence-electron chi connectivity index (χ0n) is 14.5. The second-order valence-electron chi connectivity index (χ2n) is 7.58. The number of nitrogens with zero attached hydrogens (tertiary/aromatic N) is 2. The molecule has 0 aromatic carbocycles. The Kier molecular flexibility index (Phi) is 5.36. The number of aromatic amines is 1. The highest BCUT2D eigenvalue weighted by Gasteiger charge is 2.24. The minimum atomic E-state index is 0.00834. The maximum absolute atomic E-state index is 12.4. The lowest BCUT2D eigenvalue weighted by Crippen LogP contribution is -2.40. The van der Waals surface area contributed by atoms with Crippen LogP contribution in [0.3, 0.4) is 0 Å². The average Bonchev–Trinajstić information content (AvgIpc) is 2.97. The van der Waals surface area contributed by atoms with E-state index < -0.39 is 0 Å². The van der Waals surface area contributed by atoms with Crippen LogP contribution in [0.2, 0.25) is 0 Å². The van der Waals surface area contributed by atoms with Crippen molar-refractivity contribution in [3.8, 4) is 0 Å². The van der Waals surface area contributed by atoms with Gasteiger partial charge in [0.25, 0.3) is 5.91 Å². The number of aromatic nitrogens is 2. The molecule has 2 aliphatic rings. The van der Waals surface area contributed by atoms with Crippen molar-refractivity contribution in [1.82, 2.24) is 20.4 Å². The van der Waals surface area contributed by atoms with E-state index in [0.717, 1.165) is 44.0 Å². The number of hydrogen-bond donors (Lipinski definition) is 2. The Morgan fingerprint density at radius 1 is 1.30 bits per heavy atom. The second-order valence-corrected chi connectivity index (χ2v) is 7.58. The Morgan fingerprint density at radius 3 is 2.78 bits per heavy atom. The first-order valence-corrected chi connectivity index (χ1v) is 9.20. The Bertz CT molecular complexity index is 529. The molecule has 5 nitrogen and oxygen atoms in total. The third kappa shape index (κ3) is 4.14. The van der Waals surface area contributed by atoms with Gasteiger partial charge in [-0.1, -0.05) is 13.8 Å². The first-order valence-electron chi connectivity index (χ1n) is 9.20. The van der Waals surface area contributed by atoms with Gasteiger partial charge in [0.05, 0.1) is 0 Å². The van der Waals surface area contributed by atoms with Crippen LogP contribution in [0.5, 0.6) is 0 Å². The van der Waals surface area contributed by atoms with Gasteiger partial charge in [-0.25, -0.2) is 0 Å². The van der Waals surface area contributed by atoms with Crippen LogP contribution >= 0.6 is 0 Å². The Balaban J connectivity index is 1.46. The monoisotopic (exact) mass is 318 g/mol. The summed E-state index contributed by atoms with van der Waals surface area (Å²) in [6.45, 7) is 8.86. The number of nitrogens with one attached hydrogen (secondary N) is 2. The first-order chi connectivity index (χ1) is 11.1. The highest BCUT2D eigenvalue weighted by molar-refractivity contribution is 5.94. The molecular formula is C18H30N4O. The van der Waals surface area contributed by atoms with Crippen molar-refractivity contribution in [2.45, 2.75) is 52.4 Å². The van der Waals surface area contributed by atoms with Crippen molar-refractivity contribution in [2.24, 2.45) is 11.8 Å². The van der Waals surface area contributed by atoms with Crippen LogP contribution in [0.1, 0.15) is 61.3 Å². The van der Waals surface area contributed by atoms with Crippen molar-refractivity contribution in [3.05, 3.63) is 17.0 Å². The molecule has 1 aromatic heterocycles. The van der Waals surface area contributed by atoms with Crippen molar-refractivity contribution in [1.29, 1.82) is 0 Å². The second kappa shape index (κ2) is 7.47. The molecule has 1 aliphatic carbocycles. The Hall–Kier alpha value is -1.36. The number of likely N-dealkylation sites (tertiary alicyclic amines) is 1. The summed E-state index contributed by atoms with van der Waals surface area (Å²) in [7, 11) is 0. The molecule has 1 fully saturated rings. The Morgan fingerprint density at radius 2 is 2.04 bits per heavy atom. The van der Waals surface area contributed by atoms with Gasteiger partial charge in [0.15, 0.2) is 5.69 Å². The summed E-state index contributed by atoms with van der Waals surface area (Å²) in [5.41, 5.74) is 2.96. The van der Waals surface area contributed by atoms with Gasteiger partial charge in [0, 0.05) is 24.3 Å². The predicted molar refractivity (Wildman–Crippen MR) is 91.6 cm³/mol. The number of piperidine rings is 1. The van der Waals surface area contributed by atoms with E-state index in [0.29, 0.717) is 11.6 Å². The Labute approximate surface area is 139 Å². The van der Waals surface area contributed by atoms with Crippen LogP contribution < -0.4 is 5.32 Å². The van der Waals surface area contributed by atoms with E-state index in [1.54, 1.807) is 0 Å². The van der Waals surface area contributed by atoms with E-state index >= 15 is 0 Å². The number of hydrogen-bond acceptors (Lipinski definition) is 3. The molecule has 0 spiro atoms. The molecule has 1 saturated heterocycles. The first kappa shape index (κ1) is 16.5. The summed E-state index contributed by atoms with van der Waals surface area (Å²) in [6.07, 6.45) is 6.76. The molecule has 128 valence electrons. The number of H-pyrrole nitrogens is 1. The van der Waals surface area contributed by atoms with Gasteiger partial charge in [-0.05, 0) is 63.5 Å². The zero-order chi connectivity index (χ0) is 16.2. The molecule has 0 saturated carbocycles. The zero-order valence-corrected chi connectivity index (χ0v) is 14.5. The van der Waals surface area contributed by atoms with E-state index in [4.69, 9.17) is 0 Å². The van der Waals surface area contributed by atoms with Crippen LogP contribution in [-0.4, -0.2) is 47.2 Å². The lowest BCUT2D eigenvalue weighted by Gasteiger charge is -2.33. The lowest BCUT2D eigenvalue weighted by molar-refractivity contribution is 0.0928. The van der Waals surface area contributed by atoms with E-state index in [9.17, 15) is 4.79 Å². The number of rotatable bonds is 5. The summed E-state index contributed by atoms with van der Waals surface area (Å²) in [5.74, 6) is 1.35. The molecule has 2 heterocycles. The summed E-state index contributed by atoms with van der Waals surface area (Å²) in [5, 5.41) is 10.4. The maximum atomic E-state index is 12.4. The van der Waals surface area contributed by atoms with Crippen LogP contribution in [0.15, 0.2) is 0 Å². The molecule has 1 aliphatic heterocycles. The summed E-state index contributed by atoms with van der Waals surface area (Å²) < 4.78 is 0. The van der Waals surface area contributed by atoms with Crippen LogP contribution in [0.4, 0.5) is 0 Å². The normalized spacial score (nSPS) is 19.8. The van der Waals surface area contributed by atoms with E-state index in [1.165, 1.54) is 37.9 Å². The number of fused-ring (bicyclic) bond motifs is 1. The molecule has 3 rings (SSSR count). The van der Waals surface area contributed by atoms with Crippen LogP contribution in [-0.2, 0) is 12.8 Å². The molecule has 23 heavy (non-hydrogen) atoms. The minimum absolute atomic E-state index is 0.00834. The van der Waals surface area contributed by atoms with Gasteiger partial charge in [0.1, 0.15) is 0 Å². The highest BCUT2D eigenvalue weighted by Crippen LogP contribution is 2.22. The van der Waals surface area contributed by atoms with Crippen molar-refractivity contribution < 1.29 is 4.79 Å². The van der Waals surface area contributed by atoms with E-state index in [1.807, 2.05) is 0 Å². The predicted octanol–water partition coefficient (Wildman–Crippen LogP) is 2.39. The van der Waals surface area contributed by atoms with Gasteiger partial charge in [-0.3, -0.25) is 9.89 Å². The van der Waals surface area contributed by atoms with Gasteiger partial charge < -0.3 is 10.2 Å². The molecule has 2 N–H and O–H groups in total. The number of amides is 1. The van der Waals surface area contributed by atoms with Crippen LogP contribution in [0.25, 0.3) is 0 Å². The van der Waals surface area contributed by atoms with E-state index in [-0.39, 0.29) is 5.91 Å². The van der Waals surface area contributed by atoms with Gasteiger partial charge in [-0.2, -0.15) is 5.10 Å². The molecule has 1 aromatic rings. The standard InChI is InChI=1S/C18H30N4O/c1-13(2)12-22-9-7-14(8-10-22)11-19-18(23)17-15-5-3-4-6-16(15)20-21-17/h13-14H,3-12H2,1-2H3,(H,19,23)(H,20,21). The molecule has 0 unspecified atom stereocenters. The number of aryl methyl sites for hydroxylation is 1.